The zero-order valence-electron chi connectivity index (χ0n) is 15.9. The van der Waals surface area contributed by atoms with E-state index in [4.69, 9.17) is 4.74 Å². The second-order valence-corrected chi connectivity index (χ2v) is 8.22. The van der Waals surface area contributed by atoms with Crippen LogP contribution in [0.4, 0.5) is 5.69 Å². The molecule has 0 aliphatic rings. The summed E-state index contributed by atoms with van der Waals surface area (Å²) in [5.74, 6) is 1.66. The molecule has 1 N–H and O–H groups in total. The smallest absolute Gasteiger partial charge is 0.234 e. The van der Waals surface area contributed by atoms with Gasteiger partial charge in [-0.15, -0.1) is 10.2 Å². The summed E-state index contributed by atoms with van der Waals surface area (Å²) < 4.78 is 8.61. The Morgan fingerprint density at radius 3 is 2.79 bits per heavy atom. The molecule has 0 bridgehead atoms. The first-order valence-corrected chi connectivity index (χ1v) is 10.5. The number of carbonyl (C=O) groups excluding carboxylic acids is 1. The number of hydrogen-bond donors (Lipinski definition) is 1. The SMILES string of the molecule is Cc1cccc(OCc2nnc(SCC(=O)Nc3ccc(Br)cc3C)n2C)c1. The molecule has 0 atom stereocenters. The maximum absolute atomic E-state index is 12.3. The van der Waals surface area contributed by atoms with E-state index < -0.39 is 0 Å². The maximum Gasteiger partial charge on any atom is 0.234 e. The number of ether oxygens (including phenoxy) is 1. The van der Waals surface area contributed by atoms with Gasteiger partial charge in [0, 0.05) is 17.2 Å². The van der Waals surface area contributed by atoms with Gasteiger partial charge >= 0.3 is 0 Å². The van der Waals surface area contributed by atoms with E-state index in [9.17, 15) is 4.79 Å². The van der Waals surface area contributed by atoms with Crippen LogP contribution in [-0.2, 0) is 18.4 Å². The molecule has 1 aromatic heterocycles. The number of hydrogen-bond acceptors (Lipinski definition) is 5. The molecule has 3 aromatic rings. The van der Waals surface area contributed by atoms with Gasteiger partial charge in [0.2, 0.25) is 5.91 Å². The lowest BCUT2D eigenvalue weighted by molar-refractivity contribution is -0.113. The molecule has 0 radical (unpaired) electrons. The van der Waals surface area contributed by atoms with E-state index in [0.29, 0.717) is 17.6 Å². The van der Waals surface area contributed by atoms with Crippen molar-refractivity contribution < 1.29 is 9.53 Å². The first-order chi connectivity index (χ1) is 13.4. The molecule has 1 heterocycles. The summed E-state index contributed by atoms with van der Waals surface area (Å²) in [5.41, 5.74) is 2.94. The van der Waals surface area contributed by atoms with Gasteiger partial charge < -0.3 is 14.6 Å². The number of amides is 1. The Labute approximate surface area is 176 Å². The van der Waals surface area contributed by atoms with Gasteiger partial charge in [0.15, 0.2) is 11.0 Å². The number of rotatable bonds is 7. The fourth-order valence-electron chi connectivity index (χ4n) is 2.53. The third-order valence-electron chi connectivity index (χ3n) is 4.08. The van der Waals surface area contributed by atoms with Crippen molar-refractivity contribution in [1.82, 2.24) is 14.8 Å². The minimum atomic E-state index is -0.0871. The average molecular weight is 461 g/mol. The van der Waals surface area contributed by atoms with Crippen LogP contribution < -0.4 is 10.1 Å². The highest BCUT2D eigenvalue weighted by molar-refractivity contribution is 9.10. The summed E-state index contributed by atoms with van der Waals surface area (Å²) in [7, 11) is 1.87. The molecule has 28 heavy (non-hydrogen) atoms. The molecule has 0 spiro atoms. The maximum atomic E-state index is 12.3. The molecule has 1 amide bonds. The predicted molar refractivity (Wildman–Crippen MR) is 115 cm³/mol. The number of aromatic nitrogens is 3. The largest absolute Gasteiger partial charge is 0.486 e. The quantitative estimate of drug-likeness (QED) is 0.525. The Hall–Kier alpha value is -2.32. The number of nitrogens with one attached hydrogen (secondary N) is 1. The van der Waals surface area contributed by atoms with Gasteiger partial charge in [0.05, 0.1) is 5.75 Å². The molecule has 6 nitrogen and oxygen atoms in total. The highest BCUT2D eigenvalue weighted by atomic mass is 79.9. The van der Waals surface area contributed by atoms with Gasteiger partial charge in [-0.1, -0.05) is 39.8 Å². The second-order valence-electron chi connectivity index (χ2n) is 6.36. The van der Waals surface area contributed by atoms with Crippen LogP contribution >= 0.6 is 27.7 Å². The number of benzene rings is 2. The molecule has 0 fully saturated rings. The fraction of sp³-hybridized carbons (Fsp3) is 0.250. The molecule has 146 valence electrons. The summed E-state index contributed by atoms with van der Waals surface area (Å²) in [6.45, 7) is 4.29. The van der Waals surface area contributed by atoms with Crippen molar-refractivity contribution in [3.05, 3.63) is 63.9 Å². The van der Waals surface area contributed by atoms with Crippen molar-refractivity contribution in [2.75, 3.05) is 11.1 Å². The Morgan fingerprint density at radius 2 is 2.04 bits per heavy atom. The third kappa shape index (κ3) is 5.36. The Balaban J connectivity index is 1.54. The van der Waals surface area contributed by atoms with Gasteiger partial charge in [-0.2, -0.15) is 0 Å². The van der Waals surface area contributed by atoms with E-state index in [1.807, 2.05) is 67.9 Å². The third-order valence-corrected chi connectivity index (χ3v) is 5.59. The van der Waals surface area contributed by atoms with Crippen LogP contribution in [0.25, 0.3) is 0 Å². The highest BCUT2D eigenvalue weighted by Gasteiger charge is 2.13. The Kier molecular flexibility index (Phi) is 6.74. The first kappa shape index (κ1) is 20.4. The van der Waals surface area contributed by atoms with Crippen molar-refractivity contribution in [2.45, 2.75) is 25.6 Å². The zero-order valence-corrected chi connectivity index (χ0v) is 18.3. The number of halogens is 1. The minimum absolute atomic E-state index is 0.0871. The van der Waals surface area contributed by atoms with Crippen LogP contribution in [0, 0.1) is 13.8 Å². The fourth-order valence-corrected chi connectivity index (χ4v) is 3.74. The predicted octanol–water partition coefficient (Wildman–Crippen LogP) is 4.50. The van der Waals surface area contributed by atoms with Crippen molar-refractivity contribution >= 4 is 39.3 Å². The summed E-state index contributed by atoms with van der Waals surface area (Å²) in [4.78, 5) is 12.3. The Morgan fingerprint density at radius 1 is 1.21 bits per heavy atom. The van der Waals surface area contributed by atoms with Crippen molar-refractivity contribution in [3.8, 4) is 5.75 Å². The summed E-state index contributed by atoms with van der Waals surface area (Å²) in [6, 6.07) is 13.6. The minimum Gasteiger partial charge on any atom is -0.486 e. The lowest BCUT2D eigenvalue weighted by Crippen LogP contribution is -2.15. The first-order valence-electron chi connectivity index (χ1n) is 8.69. The summed E-state index contributed by atoms with van der Waals surface area (Å²) in [6.07, 6.45) is 0. The van der Waals surface area contributed by atoms with Crippen LogP contribution in [0.15, 0.2) is 52.1 Å². The van der Waals surface area contributed by atoms with E-state index >= 15 is 0 Å². The number of anilines is 1. The number of thioether (sulfide) groups is 1. The van der Waals surface area contributed by atoms with Crippen molar-refractivity contribution in [2.24, 2.45) is 7.05 Å². The molecular formula is C20H21BrN4O2S. The van der Waals surface area contributed by atoms with Crippen LogP contribution in [0.3, 0.4) is 0 Å². The van der Waals surface area contributed by atoms with Gasteiger partial charge in [0.25, 0.3) is 0 Å². The van der Waals surface area contributed by atoms with E-state index in [1.54, 1.807) is 0 Å². The molecule has 3 rings (SSSR count). The van der Waals surface area contributed by atoms with Crippen molar-refractivity contribution in [3.63, 3.8) is 0 Å². The van der Waals surface area contributed by atoms with Crippen molar-refractivity contribution in [1.29, 1.82) is 0 Å². The molecule has 2 aromatic carbocycles. The van der Waals surface area contributed by atoms with Crippen LogP contribution in [0.5, 0.6) is 5.75 Å². The van der Waals surface area contributed by atoms with E-state index in [2.05, 4.69) is 31.4 Å². The van der Waals surface area contributed by atoms with Crippen LogP contribution in [0.2, 0.25) is 0 Å². The molecule has 0 saturated heterocycles. The molecule has 0 saturated carbocycles. The monoisotopic (exact) mass is 460 g/mol. The molecular weight excluding hydrogens is 440 g/mol. The highest BCUT2D eigenvalue weighted by Crippen LogP contribution is 2.22. The van der Waals surface area contributed by atoms with E-state index in [1.165, 1.54) is 11.8 Å². The number of nitrogens with zero attached hydrogens (tertiary/aromatic N) is 3. The van der Waals surface area contributed by atoms with Gasteiger partial charge in [0.1, 0.15) is 12.4 Å². The molecule has 0 unspecified atom stereocenters. The van der Waals surface area contributed by atoms with Gasteiger partial charge in [-0.3, -0.25) is 4.79 Å². The topological polar surface area (TPSA) is 69.0 Å². The van der Waals surface area contributed by atoms with E-state index in [-0.39, 0.29) is 11.7 Å². The molecule has 0 aliphatic heterocycles. The number of aryl methyl sites for hydroxylation is 2. The van der Waals surface area contributed by atoms with E-state index in [0.717, 1.165) is 27.0 Å². The average Bonchev–Trinajstić information content (AvgIpc) is 3.00. The van der Waals surface area contributed by atoms with Gasteiger partial charge in [-0.05, 0) is 55.3 Å². The Bertz CT molecular complexity index is 990. The number of carbonyl (C=O) groups is 1. The molecule has 8 heteroatoms. The summed E-state index contributed by atoms with van der Waals surface area (Å²) in [5, 5.41) is 11.9. The lowest BCUT2D eigenvalue weighted by Gasteiger charge is -2.09. The normalized spacial score (nSPS) is 10.7. The second kappa shape index (κ2) is 9.25. The summed E-state index contributed by atoms with van der Waals surface area (Å²) >= 11 is 4.76. The zero-order chi connectivity index (χ0) is 20.1. The standard InChI is InChI=1S/C20H21BrN4O2S/c1-13-5-4-6-16(9-13)27-11-18-23-24-20(25(18)3)28-12-19(26)22-17-8-7-15(21)10-14(17)2/h4-10H,11-12H2,1-3H3,(H,22,26). The van der Waals surface area contributed by atoms with Crippen LogP contribution in [0.1, 0.15) is 17.0 Å². The van der Waals surface area contributed by atoms with Gasteiger partial charge in [-0.25, -0.2) is 0 Å². The van der Waals surface area contributed by atoms with Crippen LogP contribution in [-0.4, -0.2) is 26.4 Å². The molecule has 0 aliphatic carbocycles. The lowest BCUT2D eigenvalue weighted by atomic mass is 10.2.